The predicted octanol–water partition coefficient (Wildman–Crippen LogP) is -0.0494. The third-order valence-electron chi connectivity index (χ3n) is 3.14. The van der Waals surface area contributed by atoms with Gasteiger partial charge in [0.25, 0.3) is 0 Å². The van der Waals surface area contributed by atoms with Crippen LogP contribution in [0.2, 0.25) is 0 Å². The van der Waals surface area contributed by atoms with Crippen LogP contribution in [0.4, 0.5) is 4.79 Å². The zero-order valence-electron chi connectivity index (χ0n) is 9.92. The van der Waals surface area contributed by atoms with Crippen molar-refractivity contribution in [2.45, 2.75) is 37.9 Å². The number of carboxylic acids is 1. The molecule has 0 radical (unpaired) electrons. The summed E-state index contributed by atoms with van der Waals surface area (Å²) in [5.41, 5.74) is 0. The summed E-state index contributed by atoms with van der Waals surface area (Å²) >= 11 is 0. The van der Waals surface area contributed by atoms with E-state index in [-0.39, 0.29) is 25.0 Å². The molecule has 2 rings (SSSR count). The van der Waals surface area contributed by atoms with Gasteiger partial charge in [0.1, 0.15) is 0 Å². The van der Waals surface area contributed by atoms with Crippen LogP contribution in [0.15, 0.2) is 0 Å². The van der Waals surface area contributed by atoms with Gasteiger partial charge in [-0.05, 0) is 12.8 Å². The molecule has 2 aliphatic rings. The molecule has 0 saturated carbocycles. The van der Waals surface area contributed by atoms with E-state index in [0.29, 0.717) is 13.1 Å². The molecule has 3 amide bonds. The lowest BCUT2D eigenvalue weighted by Crippen LogP contribution is -2.51. The van der Waals surface area contributed by atoms with Crippen LogP contribution in [-0.4, -0.2) is 53.2 Å². The molecule has 2 fully saturated rings. The van der Waals surface area contributed by atoms with Crippen molar-refractivity contribution in [2.75, 3.05) is 13.1 Å². The van der Waals surface area contributed by atoms with Gasteiger partial charge >= 0.3 is 12.0 Å². The van der Waals surface area contributed by atoms with Crippen LogP contribution in [0.1, 0.15) is 25.7 Å². The number of rotatable bonds is 3. The van der Waals surface area contributed by atoms with Gasteiger partial charge in [-0.25, -0.2) is 4.79 Å². The highest BCUT2D eigenvalue weighted by Crippen LogP contribution is 2.26. The molecule has 2 aliphatic heterocycles. The van der Waals surface area contributed by atoms with Gasteiger partial charge in [0.2, 0.25) is 5.91 Å². The average Bonchev–Trinajstić information content (AvgIpc) is 2.65. The Hall–Kier alpha value is -1.63. The number of ether oxygens (including phenoxy) is 1. The third kappa shape index (κ3) is 3.19. The number of hydrogen-bond acceptors (Lipinski definition) is 4. The molecule has 7 nitrogen and oxygen atoms in total. The average molecular weight is 256 g/mol. The second-order valence-corrected chi connectivity index (χ2v) is 4.61. The number of nitrogens with zero attached hydrogens (tertiary/aromatic N) is 1. The quantitative estimate of drug-likeness (QED) is 0.738. The Labute approximate surface area is 104 Å². The summed E-state index contributed by atoms with van der Waals surface area (Å²) in [5.74, 6) is -1.61. The van der Waals surface area contributed by atoms with E-state index in [1.54, 1.807) is 4.90 Å². The molecule has 0 aromatic rings. The highest BCUT2D eigenvalue weighted by atomic mass is 16.5. The maximum atomic E-state index is 11.8. The molecule has 0 aromatic heterocycles. The third-order valence-corrected chi connectivity index (χ3v) is 3.14. The van der Waals surface area contributed by atoms with E-state index in [9.17, 15) is 14.4 Å². The lowest BCUT2D eigenvalue weighted by Gasteiger charge is -2.31. The summed E-state index contributed by atoms with van der Waals surface area (Å²) in [6.45, 7) is 0.989. The zero-order valence-corrected chi connectivity index (χ0v) is 9.92. The van der Waals surface area contributed by atoms with Gasteiger partial charge in [-0.15, -0.1) is 0 Å². The van der Waals surface area contributed by atoms with Gasteiger partial charge in [-0.3, -0.25) is 14.9 Å². The molecule has 2 saturated heterocycles. The fourth-order valence-electron chi connectivity index (χ4n) is 2.26. The number of carbonyl (C=O) groups excluding carboxylic acids is 2. The molecule has 0 spiro atoms. The molecule has 0 aliphatic carbocycles. The Balaban J connectivity index is 1.77. The number of carbonyl (C=O) groups is 3. The highest BCUT2D eigenvalue weighted by Gasteiger charge is 2.35. The summed E-state index contributed by atoms with van der Waals surface area (Å²) < 4.78 is 5.58. The second kappa shape index (κ2) is 5.34. The summed E-state index contributed by atoms with van der Waals surface area (Å²) in [6, 6.07) is -0.453. The van der Waals surface area contributed by atoms with Crippen LogP contribution in [0, 0.1) is 0 Å². The maximum Gasteiger partial charge on any atom is 0.324 e. The van der Waals surface area contributed by atoms with Crippen molar-refractivity contribution >= 4 is 17.9 Å². The number of amides is 3. The van der Waals surface area contributed by atoms with Crippen LogP contribution in [0.3, 0.4) is 0 Å². The maximum absolute atomic E-state index is 11.8. The molecule has 18 heavy (non-hydrogen) atoms. The van der Waals surface area contributed by atoms with Gasteiger partial charge in [-0.1, -0.05) is 0 Å². The van der Waals surface area contributed by atoms with Crippen LogP contribution < -0.4 is 5.32 Å². The second-order valence-electron chi connectivity index (χ2n) is 4.61. The first-order valence-electron chi connectivity index (χ1n) is 6.00. The number of morpholine rings is 1. The van der Waals surface area contributed by atoms with Crippen molar-refractivity contribution in [1.82, 2.24) is 10.2 Å². The molecule has 2 N–H and O–H groups in total. The minimum atomic E-state index is -1.05. The van der Waals surface area contributed by atoms with E-state index in [4.69, 9.17) is 9.84 Å². The smallest absolute Gasteiger partial charge is 0.324 e. The normalized spacial score (nSPS) is 25.9. The van der Waals surface area contributed by atoms with Crippen molar-refractivity contribution < 1.29 is 24.2 Å². The first kappa shape index (κ1) is 12.8. The van der Waals surface area contributed by atoms with E-state index >= 15 is 0 Å². The van der Waals surface area contributed by atoms with Gasteiger partial charge in [0.05, 0.1) is 18.6 Å². The number of fused-ring (bicyclic) bond motifs is 2. The van der Waals surface area contributed by atoms with Crippen molar-refractivity contribution in [3.05, 3.63) is 0 Å². The number of hydrogen-bond donors (Lipinski definition) is 2. The molecule has 100 valence electrons. The first-order valence-corrected chi connectivity index (χ1v) is 6.00. The summed E-state index contributed by atoms with van der Waals surface area (Å²) in [7, 11) is 0. The van der Waals surface area contributed by atoms with Gasteiger partial charge in [0.15, 0.2) is 0 Å². The summed E-state index contributed by atoms with van der Waals surface area (Å²) in [5, 5.41) is 10.6. The minimum absolute atomic E-state index is 0.0728. The number of nitrogens with one attached hydrogen (secondary N) is 1. The van der Waals surface area contributed by atoms with Crippen molar-refractivity contribution in [3.63, 3.8) is 0 Å². The number of carboxylic acid groups (broad SMARTS) is 1. The SMILES string of the molecule is O=C(O)CCC(=O)NC(=O)N1CC2CCC(C1)O2. The Kier molecular flexibility index (Phi) is 3.81. The molecular formula is C11H16N2O5. The predicted molar refractivity (Wildman–Crippen MR) is 59.9 cm³/mol. The number of aliphatic carboxylic acids is 1. The lowest BCUT2D eigenvalue weighted by atomic mass is 10.2. The minimum Gasteiger partial charge on any atom is -0.481 e. The monoisotopic (exact) mass is 256 g/mol. The Bertz CT molecular complexity index is 358. The topological polar surface area (TPSA) is 95.9 Å². The molecule has 2 unspecified atom stereocenters. The summed E-state index contributed by atoms with van der Waals surface area (Å²) in [4.78, 5) is 34.9. The van der Waals surface area contributed by atoms with Gasteiger partial charge < -0.3 is 14.7 Å². The lowest BCUT2D eigenvalue weighted by molar-refractivity contribution is -0.138. The van der Waals surface area contributed by atoms with Crippen molar-refractivity contribution in [1.29, 1.82) is 0 Å². The highest BCUT2D eigenvalue weighted by molar-refractivity contribution is 5.95. The Morgan fingerprint density at radius 1 is 1.17 bits per heavy atom. The van der Waals surface area contributed by atoms with E-state index in [0.717, 1.165) is 12.8 Å². The molecule has 0 aromatic carbocycles. The zero-order chi connectivity index (χ0) is 13.1. The number of urea groups is 1. The fourth-order valence-corrected chi connectivity index (χ4v) is 2.26. The van der Waals surface area contributed by atoms with Crippen LogP contribution >= 0.6 is 0 Å². The number of imide groups is 1. The first-order chi connectivity index (χ1) is 8.54. The van der Waals surface area contributed by atoms with E-state index in [1.807, 2.05) is 0 Å². The van der Waals surface area contributed by atoms with E-state index in [1.165, 1.54) is 0 Å². The standard InChI is InChI=1S/C11H16N2O5/c14-9(3-4-10(15)16)12-11(17)13-5-7-1-2-8(6-13)18-7/h7-8H,1-6H2,(H,15,16)(H,12,14,17). The fraction of sp³-hybridized carbons (Fsp3) is 0.727. The Morgan fingerprint density at radius 2 is 1.78 bits per heavy atom. The van der Waals surface area contributed by atoms with Crippen molar-refractivity contribution in [3.8, 4) is 0 Å². The Morgan fingerprint density at radius 3 is 2.33 bits per heavy atom. The molecule has 7 heteroatoms. The molecule has 2 atom stereocenters. The van der Waals surface area contributed by atoms with E-state index < -0.39 is 17.9 Å². The van der Waals surface area contributed by atoms with E-state index in [2.05, 4.69) is 5.32 Å². The molecular weight excluding hydrogens is 240 g/mol. The van der Waals surface area contributed by atoms with Gasteiger partial charge in [-0.2, -0.15) is 0 Å². The van der Waals surface area contributed by atoms with Crippen LogP contribution in [0.25, 0.3) is 0 Å². The van der Waals surface area contributed by atoms with Crippen molar-refractivity contribution in [2.24, 2.45) is 0 Å². The van der Waals surface area contributed by atoms with Crippen LogP contribution in [-0.2, 0) is 14.3 Å². The molecule has 2 bridgehead atoms. The number of likely N-dealkylation sites (tertiary alicyclic amines) is 1. The largest absolute Gasteiger partial charge is 0.481 e. The summed E-state index contributed by atoms with van der Waals surface area (Å²) in [6.07, 6.45) is 1.58. The van der Waals surface area contributed by atoms with Gasteiger partial charge in [0, 0.05) is 19.5 Å². The van der Waals surface area contributed by atoms with Crippen LogP contribution in [0.5, 0.6) is 0 Å². The molecule has 2 heterocycles.